The number of hydrogen-bond acceptors (Lipinski definition) is 5. The van der Waals surface area contributed by atoms with Crippen molar-refractivity contribution in [3.05, 3.63) is 49.8 Å². The van der Waals surface area contributed by atoms with Crippen LogP contribution in [-0.2, 0) is 17.7 Å². The molecule has 1 atom stereocenters. The standard InChI is InChI=1S/C18H17Cl2N3O3S/c1-2-26-18(25)23-6-5-11-13(8-23)27-17-14(11)16(24)21-15(22-17)10-4-3-9(19)7-12(10)20/h3-4,7,15,22H,2,5-6,8H2,1H3,(H,21,24)/t15-/m1/s1. The van der Waals surface area contributed by atoms with Crippen molar-refractivity contribution in [1.82, 2.24) is 10.2 Å². The van der Waals surface area contributed by atoms with E-state index < -0.39 is 6.17 Å². The number of carbonyl (C=O) groups is 2. The third-order valence-corrected chi connectivity index (χ3v) is 6.34. The molecule has 2 amide bonds. The molecule has 2 aliphatic rings. The van der Waals surface area contributed by atoms with Crippen LogP contribution in [0.25, 0.3) is 0 Å². The molecule has 142 valence electrons. The lowest BCUT2D eigenvalue weighted by molar-refractivity contribution is 0.0934. The molecule has 0 saturated heterocycles. The molecule has 0 saturated carbocycles. The Morgan fingerprint density at radius 2 is 2.19 bits per heavy atom. The van der Waals surface area contributed by atoms with E-state index in [9.17, 15) is 9.59 Å². The predicted octanol–water partition coefficient (Wildman–Crippen LogP) is 4.42. The number of carbonyl (C=O) groups excluding carboxylic acids is 2. The highest BCUT2D eigenvalue weighted by Gasteiger charge is 2.35. The summed E-state index contributed by atoms with van der Waals surface area (Å²) in [6.45, 7) is 3.12. The van der Waals surface area contributed by atoms with E-state index in [1.807, 2.05) is 0 Å². The number of amides is 2. The zero-order valence-corrected chi connectivity index (χ0v) is 16.8. The smallest absolute Gasteiger partial charge is 0.410 e. The molecule has 2 N–H and O–H groups in total. The number of nitrogens with zero attached hydrogens (tertiary/aromatic N) is 1. The first-order valence-corrected chi connectivity index (χ1v) is 10.1. The molecule has 0 spiro atoms. The molecule has 0 aliphatic carbocycles. The summed E-state index contributed by atoms with van der Waals surface area (Å²) in [7, 11) is 0. The quantitative estimate of drug-likeness (QED) is 0.746. The highest BCUT2D eigenvalue weighted by Crippen LogP contribution is 2.41. The fraction of sp³-hybridized carbons (Fsp3) is 0.333. The number of fused-ring (bicyclic) bond motifs is 3. The van der Waals surface area contributed by atoms with E-state index in [0.29, 0.717) is 41.7 Å². The summed E-state index contributed by atoms with van der Waals surface area (Å²) in [5.41, 5.74) is 2.42. The van der Waals surface area contributed by atoms with Crippen molar-refractivity contribution in [2.45, 2.75) is 26.1 Å². The topological polar surface area (TPSA) is 70.7 Å². The summed E-state index contributed by atoms with van der Waals surface area (Å²) in [5, 5.41) is 8.14. The molecule has 1 aromatic heterocycles. The van der Waals surface area contributed by atoms with Crippen molar-refractivity contribution in [2.24, 2.45) is 0 Å². The maximum Gasteiger partial charge on any atom is 0.410 e. The van der Waals surface area contributed by atoms with Crippen molar-refractivity contribution in [3.63, 3.8) is 0 Å². The fourth-order valence-corrected chi connectivity index (χ4v) is 5.18. The van der Waals surface area contributed by atoms with E-state index >= 15 is 0 Å². The number of benzene rings is 1. The second-order valence-corrected chi connectivity index (χ2v) is 8.24. The Morgan fingerprint density at radius 1 is 1.37 bits per heavy atom. The first kappa shape index (κ1) is 18.4. The number of anilines is 1. The van der Waals surface area contributed by atoms with Crippen LogP contribution in [0.4, 0.5) is 9.80 Å². The molecular weight excluding hydrogens is 409 g/mol. The molecule has 27 heavy (non-hydrogen) atoms. The van der Waals surface area contributed by atoms with Gasteiger partial charge in [-0.15, -0.1) is 11.3 Å². The summed E-state index contributed by atoms with van der Waals surface area (Å²) < 4.78 is 5.09. The molecular formula is C18H17Cl2N3O3S. The maximum atomic E-state index is 12.8. The third kappa shape index (κ3) is 3.35. The molecule has 1 aromatic carbocycles. The molecule has 2 aromatic rings. The Balaban J connectivity index is 1.62. The Labute approximate surface area is 170 Å². The predicted molar refractivity (Wildman–Crippen MR) is 106 cm³/mol. The third-order valence-electron chi connectivity index (χ3n) is 4.63. The summed E-state index contributed by atoms with van der Waals surface area (Å²) in [6, 6.07) is 5.19. The van der Waals surface area contributed by atoms with E-state index in [0.717, 1.165) is 21.0 Å². The maximum absolute atomic E-state index is 12.8. The lowest BCUT2D eigenvalue weighted by atomic mass is 10.0. The summed E-state index contributed by atoms with van der Waals surface area (Å²) in [5.74, 6) is -0.137. The van der Waals surface area contributed by atoms with Gasteiger partial charge in [-0.25, -0.2) is 4.79 Å². The molecule has 0 fully saturated rings. The van der Waals surface area contributed by atoms with Crippen molar-refractivity contribution in [1.29, 1.82) is 0 Å². The fourth-order valence-electron chi connectivity index (χ4n) is 3.38. The van der Waals surface area contributed by atoms with Crippen LogP contribution in [0, 0.1) is 0 Å². The molecule has 9 heteroatoms. The van der Waals surface area contributed by atoms with Gasteiger partial charge in [-0.3, -0.25) is 4.79 Å². The van der Waals surface area contributed by atoms with Crippen LogP contribution >= 0.6 is 34.5 Å². The van der Waals surface area contributed by atoms with Crippen molar-refractivity contribution in [3.8, 4) is 0 Å². The van der Waals surface area contributed by atoms with Crippen LogP contribution in [0.2, 0.25) is 10.0 Å². The lowest BCUT2D eigenvalue weighted by Gasteiger charge is -2.28. The van der Waals surface area contributed by atoms with Crippen LogP contribution in [-0.4, -0.2) is 30.1 Å². The number of nitrogens with one attached hydrogen (secondary N) is 2. The van der Waals surface area contributed by atoms with Crippen LogP contribution in [0.15, 0.2) is 18.2 Å². The van der Waals surface area contributed by atoms with Gasteiger partial charge in [0.25, 0.3) is 5.91 Å². The SMILES string of the molecule is CCOC(=O)N1CCc2c(sc3c2C(=O)N[C@@H](c2ccc(Cl)cc2Cl)N3)C1. The number of hydrogen-bond donors (Lipinski definition) is 2. The molecule has 3 heterocycles. The van der Waals surface area contributed by atoms with Gasteiger partial charge in [-0.2, -0.15) is 0 Å². The van der Waals surface area contributed by atoms with Crippen molar-refractivity contribution < 1.29 is 14.3 Å². The van der Waals surface area contributed by atoms with Gasteiger partial charge in [0.05, 0.1) is 18.7 Å². The summed E-state index contributed by atoms with van der Waals surface area (Å²) in [4.78, 5) is 27.5. The highest BCUT2D eigenvalue weighted by molar-refractivity contribution is 7.16. The Morgan fingerprint density at radius 3 is 2.93 bits per heavy atom. The van der Waals surface area contributed by atoms with Gasteiger partial charge in [0, 0.05) is 27.0 Å². The van der Waals surface area contributed by atoms with Gasteiger partial charge < -0.3 is 20.3 Å². The van der Waals surface area contributed by atoms with E-state index in [1.165, 1.54) is 11.3 Å². The Bertz CT molecular complexity index is 931. The summed E-state index contributed by atoms with van der Waals surface area (Å²) >= 11 is 13.8. The first-order valence-electron chi connectivity index (χ1n) is 8.56. The average molecular weight is 426 g/mol. The van der Waals surface area contributed by atoms with Crippen LogP contribution in [0.5, 0.6) is 0 Å². The van der Waals surface area contributed by atoms with Crippen molar-refractivity contribution in [2.75, 3.05) is 18.5 Å². The second kappa shape index (κ2) is 7.22. The molecule has 4 rings (SSSR count). The number of rotatable bonds is 2. The van der Waals surface area contributed by atoms with Gasteiger partial charge in [-0.05, 0) is 31.0 Å². The first-order chi connectivity index (χ1) is 13.0. The zero-order chi connectivity index (χ0) is 19.1. The normalized spacial score (nSPS) is 18.3. The van der Waals surface area contributed by atoms with Crippen molar-refractivity contribution >= 4 is 51.5 Å². The average Bonchev–Trinajstić information content (AvgIpc) is 2.99. The lowest BCUT2D eigenvalue weighted by Crippen LogP contribution is -2.39. The minimum atomic E-state index is -0.434. The minimum absolute atomic E-state index is 0.137. The monoisotopic (exact) mass is 425 g/mol. The molecule has 0 unspecified atom stereocenters. The van der Waals surface area contributed by atoms with Crippen LogP contribution in [0.1, 0.15) is 39.5 Å². The van der Waals surface area contributed by atoms with Crippen LogP contribution < -0.4 is 10.6 Å². The van der Waals surface area contributed by atoms with E-state index in [-0.39, 0.29) is 12.0 Å². The number of ether oxygens (including phenoxy) is 1. The minimum Gasteiger partial charge on any atom is -0.450 e. The van der Waals surface area contributed by atoms with Gasteiger partial charge in [0.1, 0.15) is 11.2 Å². The van der Waals surface area contributed by atoms with Gasteiger partial charge in [-0.1, -0.05) is 29.3 Å². The van der Waals surface area contributed by atoms with Gasteiger partial charge in [0.15, 0.2) is 0 Å². The van der Waals surface area contributed by atoms with E-state index in [4.69, 9.17) is 27.9 Å². The number of thiophene rings is 1. The Kier molecular flexibility index (Phi) is 4.92. The molecule has 2 aliphatic heterocycles. The summed E-state index contributed by atoms with van der Waals surface area (Å²) in [6.07, 6.45) is -0.129. The van der Waals surface area contributed by atoms with Crippen LogP contribution in [0.3, 0.4) is 0 Å². The Hall–Kier alpha value is -1.96. The second-order valence-electron chi connectivity index (χ2n) is 6.30. The number of halogens is 2. The van der Waals surface area contributed by atoms with Gasteiger partial charge >= 0.3 is 6.09 Å². The molecule has 0 bridgehead atoms. The zero-order valence-electron chi connectivity index (χ0n) is 14.5. The van der Waals surface area contributed by atoms with Gasteiger partial charge in [0.2, 0.25) is 0 Å². The highest BCUT2D eigenvalue weighted by atomic mass is 35.5. The molecule has 6 nitrogen and oxygen atoms in total. The van der Waals surface area contributed by atoms with E-state index in [2.05, 4.69) is 10.6 Å². The largest absolute Gasteiger partial charge is 0.450 e. The molecule has 0 radical (unpaired) electrons. The van der Waals surface area contributed by atoms with E-state index in [1.54, 1.807) is 30.0 Å².